The molecule has 0 saturated carbocycles. The number of ether oxygens (including phenoxy) is 1. The van der Waals surface area contributed by atoms with Crippen LogP contribution in [0.4, 0.5) is 0 Å². The average Bonchev–Trinajstić information content (AvgIpc) is 2.16. The third-order valence-electron chi connectivity index (χ3n) is 2.08. The minimum absolute atomic E-state index is 0.0508. The molecule has 1 aromatic carbocycles. The summed E-state index contributed by atoms with van der Waals surface area (Å²) in [6, 6.07) is 6.08. The zero-order valence-electron chi connectivity index (χ0n) is 8.30. The zero-order chi connectivity index (χ0) is 9.84. The highest BCUT2D eigenvalue weighted by Gasteiger charge is 2.10. The minimum Gasteiger partial charge on any atom is -0.496 e. The summed E-state index contributed by atoms with van der Waals surface area (Å²) in [5.41, 5.74) is 2.31. The lowest BCUT2D eigenvalue weighted by Crippen LogP contribution is -1.95. The molecule has 1 rings (SSSR count). The van der Waals surface area contributed by atoms with Crippen molar-refractivity contribution in [2.24, 2.45) is 0 Å². The fourth-order valence-corrected chi connectivity index (χ4v) is 1.49. The first-order valence-corrected chi connectivity index (χ1v) is 4.91. The number of rotatable bonds is 3. The van der Waals surface area contributed by atoms with Gasteiger partial charge in [-0.3, -0.25) is 0 Å². The van der Waals surface area contributed by atoms with E-state index in [4.69, 9.17) is 16.3 Å². The molecule has 0 aliphatic carbocycles. The van der Waals surface area contributed by atoms with Crippen LogP contribution < -0.4 is 4.74 Å². The Labute approximate surface area is 84.7 Å². The Balaban J connectivity index is 3.07. The number of halogens is 1. The molecule has 0 saturated heterocycles. The monoisotopic (exact) mass is 198 g/mol. The largest absolute Gasteiger partial charge is 0.496 e. The highest BCUT2D eigenvalue weighted by molar-refractivity contribution is 6.21. The number of hydrogen-bond acceptors (Lipinski definition) is 1. The van der Waals surface area contributed by atoms with Crippen molar-refractivity contribution >= 4 is 11.6 Å². The van der Waals surface area contributed by atoms with Crippen LogP contribution in [-0.4, -0.2) is 7.11 Å². The molecule has 1 unspecified atom stereocenters. The van der Waals surface area contributed by atoms with Gasteiger partial charge in [-0.1, -0.05) is 24.6 Å². The van der Waals surface area contributed by atoms with E-state index in [0.29, 0.717) is 0 Å². The summed E-state index contributed by atoms with van der Waals surface area (Å²) in [5.74, 6) is 0.882. The Kier molecular flexibility index (Phi) is 3.61. The van der Waals surface area contributed by atoms with E-state index in [-0.39, 0.29) is 5.38 Å². The van der Waals surface area contributed by atoms with Crippen LogP contribution in [0.2, 0.25) is 0 Å². The maximum Gasteiger partial charge on any atom is 0.123 e. The molecule has 1 atom stereocenters. The van der Waals surface area contributed by atoms with Gasteiger partial charge in [0.05, 0.1) is 12.5 Å². The first-order valence-electron chi connectivity index (χ1n) is 4.47. The summed E-state index contributed by atoms with van der Waals surface area (Å²) in [4.78, 5) is 0. The third kappa shape index (κ3) is 2.38. The summed E-state index contributed by atoms with van der Waals surface area (Å²) < 4.78 is 5.24. The van der Waals surface area contributed by atoms with Crippen LogP contribution in [0.25, 0.3) is 0 Å². The number of methoxy groups -OCH3 is 1. The van der Waals surface area contributed by atoms with Gasteiger partial charge >= 0.3 is 0 Å². The molecule has 0 bridgehead atoms. The summed E-state index contributed by atoms with van der Waals surface area (Å²) in [6.45, 7) is 4.13. The smallest absolute Gasteiger partial charge is 0.123 e. The molecule has 0 heterocycles. The molecule has 0 spiro atoms. The summed E-state index contributed by atoms with van der Waals surface area (Å²) in [7, 11) is 1.67. The van der Waals surface area contributed by atoms with Gasteiger partial charge in [-0.2, -0.15) is 0 Å². The molecule has 1 nitrogen and oxygen atoms in total. The topological polar surface area (TPSA) is 9.23 Å². The molecule has 0 aliphatic heterocycles. The van der Waals surface area contributed by atoms with E-state index >= 15 is 0 Å². The maximum atomic E-state index is 6.17. The SMILES string of the molecule is CCC(Cl)c1cc(C)ccc1OC. The summed E-state index contributed by atoms with van der Waals surface area (Å²) >= 11 is 6.17. The van der Waals surface area contributed by atoms with E-state index in [1.807, 2.05) is 12.1 Å². The predicted molar refractivity (Wildman–Crippen MR) is 56.6 cm³/mol. The van der Waals surface area contributed by atoms with Crippen LogP contribution in [0.3, 0.4) is 0 Å². The lowest BCUT2D eigenvalue weighted by molar-refractivity contribution is 0.408. The van der Waals surface area contributed by atoms with Gasteiger partial charge in [-0.25, -0.2) is 0 Å². The molecule has 0 radical (unpaired) electrons. The fourth-order valence-electron chi connectivity index (χ4n) is 1.32. The lowest BCUT2D eigenvalue weighted by atomic mass is 10.1. The number of benzene rings is 1. The van der Waals surface area contributed by atoms with E-state index < -0.39 is 0 Å². The maximum absolute atomic E-state index is 6.17. The zero-order valence-corrected chi connectivity index (χ0v) is 9.06. The molecule has 13 heavy (non-hydrogen) atoms. The van der Waals surface area contributed by atoms with Crippen LogP contribution in [0.1, 0.15) is 29.8 Å². The van der Waals surface area contributed by atoms with Gasteiger partial charge in [0.15, 0.2) is 0 Å². The van der Waals surface area contributed by atoms with Gasteiger partial charge < -0.3 is 4.74 Å². The van der Waals surface area contributed by atoms with Crippen LogP contribution in [-0.2, 0) is 0 Å². The lowest BCUT2D eigenvalue weighted by Gasteiger charge is -2.12. The fraction of sp³-hybridized carbons (Fsp3) is 0.455. The first-order chi connectivity index (χ1) is 6.19. The standard InChI is InChI=1S/C11H15ClO/c1-4-10(12)9-7-8(2)5-6-11(9)13-3/h5-7,10H,4H2,1-3H3. The Morgan fingerprint density at radius 3 is 2.69 bits per heavy atom. The van der Waals surface area contributed by atoms with E-state index in [1.165, 1.54) is 5.56 Å². The van der Waals surface area contributed by atoms with Crippen molar-refractivity contribution < 1.29 is 4.74 Å². The van der Waals surface area contributed by atoms with E-state index in [0.717, 1.165) is 17.7 Å². The van der Waals surface area contributed by atoms with Crippen molar-refractivity contribution in [3.05, 3.63) is 29.3 Å². The van der Waals surface area contributed by atoms with Gasteiger partial charge in [0, 0.05) is 5.56 Å². The van der Waals surface area contributed by atoms with Gasteiger partial charge in [-0.15, -0.1) is 11.6 Å². The molecule has 0 aromatic heterocycles. The summed E-state index contributed by atoms with van der Waals surface area (Å²) in [6.07, 6.45) is 0.918. The average molecular weight is 199 g/mol. The first kappa shape index (κ1) is 10.4. The van der Waals surface area contributed by atoms with Gasteiger partial charge in [-0.05, 0) is 19.4 Å². The van der Waals surface area contributed by atoms with Crippen molar-refractivity contribution in [1.82, 2.24) is 0 Å². The quantitative estimate of drug-likeness (QED) is 0.674. The van der Waals surface area contributed by atoms with Gasteiger partial charge in [0.1, 0.15) is 5.75 Å². The van der Waals surface area contributed by atoms with Crippen LogP contribution >= 0.6 is 11.6 Å². The van der Waals surface area contributed by atoms with Crippen molar-refractivity contribution in [2.45, 2.75) is 25.6 Å². The van der Waals surface area contributed by atoms with E-state index in [2.05, 4.69) is 19.9 Å². The Hall–Kier alpha value is -0.690. The summed E-state index contributed by atoms with van der Waals surface area (Å²) in [5, 5.41) is 0.0508. The molecule has 2 heteroatoms. The van der Waals surface area contributed by atoms with E-state index in [1.54, 1.807) is 7.11 Å². The molecule has 0 aliphatic rings. The number of aryl methyl sites for hydroxylation is 1. The molecule has 1 aromatic rings. The molecule has 0 amide bonds. The van der Waals surface area contributed by atoms with Crippen LogP contribution in [0.15, 0.2) is 18.2 Å². The third-order valence-corrected chi connectivity index (χ3v) is 2.62. The van der Waals surface area contributed by atoms with Crippen molar-refractivity contribution in [3.8, 4) is 5.75 Å². The van der Waals surface area contributed by atoms with Gasteiger partial charge in [0.25, 0.3) is 0 Å². The number of hydrogen-bond donors (Lipinski definition) is 0. The molecule has 0 fully saturated rings. The highest BCUT2D eigenvalue weighted by Crippen LogP contribution is 2.32. The highest BCUT2D eigenvalue weighted by atomic mass is 35.5. The second-order valence-electron chi connectivity index (χ2n) is 3.12. The van der Waals surface area contributed by atoms with Crippen LogP contribution in [0.5, 0.6) is 5.75 Å². The Bertz CT molecular complexity index is 283. The van der Waals surface area contributed by atoms with Crippen molar-refractivity contribution in [1.29, 1.82) is 0 Å². The molecular weight excluding hydrogens is 184 g/mol. The Morgan fingerprint density at radius 1 is 1.46 bits per heavy atom. The minimum atomic E-state index is 0.0508. The van der Waals surface area contributed by atoms with Crippen LogP contribution in [0, 0.1) is 6.92 Å². The second-order valence-corrected chi connectivity index (χ2v) is 3.65. The molecular formula is C11H15ClO. The molecule has 72 valence electrons. The normalized spacial score (nSPS) is 12.6. The second kappa shape index (κ2) is 4.52. The predicted octanol–water partition coefficient (Wildman–Crippen LogP) is 3.69. The van der Waals surface area contributed by atoms with E-state index in [9.17, 15) is 0 Å². The van der Waals surface area contributed by atoms with Crippen molar-refractivity contribution in [3.63, 3.8) is 0 Å². The molecule has 0 N–H and O–H groups in total. The number of alkyl halides is 1. The van der Waals surface area contributed by atoms with Crippen molar-refractivity contribution in [2.75, 3.05) is 7.11 Å². The van der Waals surface area contributed by atoms with Gasteiger partial charge in [0.2, 0.25) is 0 Å². The Morgan fingerprint density at radius 2 is 2.15 bits per heavy atom.